The minimum absolute atomic E-state index is 0.0249. The van der Waals surface area contributed by atoms with E-state index in [1.807, 2.05) is 138 Å². The van der Waals surface area contributed by atoms with Crippen molar-refractivity contribution in [1.82, 2.24) is 20.5 Å². The van der Waals surface area contributed by atoms with Gasteiger partial charge in [-0.2, -0.15) is 0 Å². The first-order valence-corrected chi connectivity index (χ1v) is 14.5. The molecule has 0 spiro atoms. The van der Waals surface area contributed by atoms with Crippen molar-refractivity contribution in [2.45, 2.75) is 38.6 Å². The molecule has 6 nitrogen and oxygen atoms in total. The number of nitrogens with one attached hydrogen (secondary N) is 2. The Hall–Kier alpha value is -5.07. The molecule has 1 atom stereocenters. The lowest BCUT2D eigenvalue weighted by Gasteiger charge is -2.23. The van der Waals surface area contributed by atoms with Gasteiger partial charge in [0.1, 0.15) is 0 Å². The highest BCUT2D eigenvalue weighted by molar-refractivity contribution is 5.94. The highest BCUT2D eigenvalue weighted by Crippen LogP contribution is 2.16. The fourth-order valence-electron chi connectivity index (χ4n) is 4.91. The molecule has 216 valence electrons. The van der Waals surface area contributed by atoms with Gasteiger partial charge in [0.05, 0.1) is 18.3 Å². The number of benzene rings is 4. The predicted octanol–water partition coefficient (Wildman–Crippen LogP) is 5.94. The maximum atomic E-state index is 13.7. The topological polar surface area (TPSA) is 74.3 Å². The van der Waals surface area contributed by atoms with Crippen molar-refractivity contribution in [1.29, 1.82) is 0 Å². The van der Waals surface area contributed by atoms with Gasteiger partial charge in [-0.25, -0.2) is 0 Å². The van der Waals surface area contributed by atoms with Crippen molar-refractivity contribution in [2.75, 3.05) is 0 Å². The third-order valence-electron chi connectivity index (χ3n) is 7.24. The van der Waals surface area contributed by atoms with E-state index in [0.29, 0.717) is 38.2 Å². The summed E-state index contributed by atoms with van der Waals surface area (Å²) in [5.41, 5.74) is 5.67. The number of amides is 2. The second kappa shape index (κ2) is 15.2. The number of carbonyl (C=O) groups excluding carboxylic acids is 2. The van der Waals surface area contributed by atoms with E-state index in [2.05, 4.69) is 15.6 Å². The van der Waals surface area contributed by atoms with E-state index in [0.717, 1.165) is 27.9 Å². The van der Waals surface area contributed by atoms with Gasteiger partial charge in [-0.15, -0.1) is 0 Å². The monoisotopic (exact) mass is 568 g/mol. The predicted molar refractivity (Wildman–Crippen MR) is 170 cm³/mol. The first-order valence-electron chi connectivity index (χ1n) is 14.5. The zero-order valence-corrected chi connectivity index (χ0v) is 24.1. The standard InChI is InChI=1S/C37H36N4O2/c42-36(40-26-34-18-10-11-23-38-34)35(24-29-12-4-1-5-13-29)39-25-30-19-21-33(22-20-30)37(43)41(27-31-14-6-2-7-15-31)28-32-16-8-3-9-17-32/h1-23,35,39H,24-28H2,(H,40,42). The molecule has 0 aliphatic rings. The number of hydrogen-bond acceptors (Lipinski definition) is 4. The lowest BCUT2D eigenvalue weighted by atomic mass is 10.0. The molecule has 1 aromatic heterocycles. The number of nitrogens with zero attached hydrogens (tertiary/aromatic N) is 2. The van der Waals surface area contributed by atoms with Crippen molar-refractivity contribution >= 4 is 11.8 Å². The molecule has 0 aliphatic heterocycles. The van der Waals surface area contributed by atoms with Crippen LogP contribution in [-0.4, -0.2) is 27.7 Å². The molecule has 0 bridgehead atoms. The lowest BCUT2D eigenvalue weighted by molar-refractivity contribution is -0.123. The van der Waals surface area contributed by atoms with Crippen molar-refractivity contribution in [3.63, 3.8) is 0 Å². The van der Waals surface area contributed by atoms with E-state index in [-0.39, 0.29) is 11.8 Å². The summed E-state index contributed by atoms with van der Waals surface area (Å²) in [5.74, 6) is -0.109. The minimum Gasteiger partial charge on any atom is -0.349 e. The van der Waals surface area contributed by atoms with Crippen LogP contribution >= 0.6 is 0 Å². The van der Waals surface area contributed by atoms with Crippen molar-refractivity contribution in [3.8, 4) is 0 Å². The van der Waals surface area contributed by atoms with Crippen LogP contribution in [0.5, 0.6) is 0 Å². The van der Waals surface area contributed by atoms with Gasteiger partial charge in [-0.1, -0.05) is 109 Å². The molecule has 1 heterocycles. The van der Waals surface area contributed by atoms with Gasteiger partial charge in [0.2, 0.25) is 5.91 Å². The van der Waals surface area contributed by atoms with Crippen LogP contribution in [-0.2, 0) is 37.4 Å². The Morgan fingerprint density at radius 2 is 1.16 bits per heavy atom. The summed E-state index contributed by atoms with van der Waals surface area (Å²) in [7, 11) is 0. The molecule has 1 unspecified atom stereocenters. The van der Waals surface area contributed by atoms with Crippen LogP contribution in [0.3, 0.4) is 0 Å². The fourth-order valence-corrected chi connectivity index (χ4v) is 4.91. The van der Waals surface area contributed by atoms with Crippen LogP contribution in [0.2, 0.25) is 0 Å². The fraction of sp³-hybridized carbons (Fsp3) is 0.162. The summed E-state index contributed by atoms with van der Waals surface area (Å²) < 4.78 is 0. The van der Waals surface area contributed by atoms with Crippen molar-refractivity contribution < 1.29 is 9.59 Å². The van der Waals surface area contributed by atoms with Gasteiger partial charge in [0, 0.05) is 31.4 Å². The van der Waals surface area contributed by atoms with Crippen LogP contribution in [0, 0.1) is 0 Å². The third-order valence-corrected chi connectivity index (χ3v) is 7.24. The smallest absolute Gasteiger partial charge is 0.254 e. The molecule has 0 saturated heterocycles. The highest BCUT2D eigenvalue weighted by atomic mass is 16.2. The molecular formula is C37H36N4O2. The molecule has 4 aromatic carbocycles. The molecule has 5 aromatic rings. The molecule has 0 saturated carbocycles. The SMILES string of the molecule is O=C(NCc1ccccn1)C(Cc1ccccc1)NCc1ccc(C(=O)N(Cc2ccccc2)Cc2ccccc2)cc1. The first kappa shape index (κ1) is 29.4. The number of carbonyl (C=O) groups is 2. The summed E-state index contributed by atoms with van der Waals surface area (Å²) in [4.78, 5) is 33.1. The molecule has 0 fully saturated rings. The quantitative estimate of drug-likeness (QED) is 0.184. The van der Waals surface area contributed by atoms with Crippen LogP contribution in [0.15, 0.2) is 140 Å². The number of aromatic nitrogens is 1. The molecule has 43 heavy (non-hydrogen) atoms. The van der Waals surface area contributed by atoms with E-state index < -0.39 is 6.04 Å². The van der Waals surface area contributed by atoms with Gasteiger partial charge >= 0.3 is 0 Å². The Bertz CT molecular complexity index is 1520. The van der Waals surface area contributed by atoms with E-state index in [9.17, 15) is 9.59 Å². The van der Waals surface area contributed by atoms with Crippen molar-refractivity contribution in [2.24, 2.45) is 0 Å². The zero-order valence-electron chi connectivity index (χ0n) is 24.1. The van der Waals surface area contributed by atoms with Gasteiger partial charge in [-0.3, -0.25) is 14.6 Å². The zero-order chi connectivity index (χ0) is 29.7. The second-order valence-electron chi connectivity index (χ2n) is 10.5. The molecule has 0 radical (unpaired) electrons. The Morgan fingerprint density at radius 3 is 1.72 bits per heavy atom. The van der Waals surface area contributed by atoms with Crippen molar-refractivity contribution in [3.05, 3.63) is 173 Å². The first-order chi connectivity index (χ1) is 21.1. The van der Waals surface area contributed by atoms with Gasteiger partial charge in [0.15, 0.2) is 0 Å². The molecular weight excluding hydrogens is 532 g/mol. The van der Waals surface area contributed by atoms with E-state index in [4.69, 9.17) is 0 Å². The highest BCUT2D eigenvalue weighted by Gasteiger charge is 2.20. The van der Waals surface area contributed by atoms with E-state index in [1.54, 1.807) is 6.20 Å². The molecule has 2 amide bonds. The Kier molecular flexibility index (Phi) is 10.4. The van der Waals surface area contributed by atoms with E-state index in [1.165, 1.54) is 0 Å². The Balaban J connectivity index is 1.25. The molecule has 5 rings (SSSR count). The maximum absolute atomic E-state index is 13.7. The normalized spacial score (nSPS) is 11.4. The maximum Gasteiger partial charge on any atom is 0.254 e. The summed E-state index contributed by atoms with van der Waals surface area (Å²) in [6, 6.07) is 42.9. The number of pyridine rings is 1. The largest absolute Gasteiger partial charge is 0.349 e. The van der Waals surface area contributed by atoms with E-state index >= 15 is 0 Å². The lowest BCUT2D eigenvalue weighted by Crippen LogP contribution is -2.45. The second-order valence-corrected chi connectivity index (χ2v) is 10.5. The molecule has 6 heteroatoms. The molecule has 0 aliphatic carbocycles. The van der Waals surface area contributed by atoms with Crippen LogP contribution in [0.25, 0.3) is 0 Å². The average molecular weight is 569 g/mol. The van der Waals surface area contributed by atoms with Crippen LogP contribution in [0.4, 0.5) is 0 Å². The summed E-state index contributed by atoms with van der Waals surface area (Å²) in [6.07, 6.45) is 2.28. The number of rotatable bonds is 13. The Morgan fingerprint density at radius 1 is 0.605 bits per heavy atom. The van der Waals surface area contributed by atoms with Gasteiger partial charge in [0.25, 0.3) is 5.91 Å². The summed E-state index contributed by atoms with van der Waals surface area (Å²) in [5, 5.41) is 6.45. The van der Waals surface area contributed by atoms with Crippen LogP contribution < -0.4 is 10.6 Å². The Labute approximate surface area is 253 Å². The summed E-state index contributed by atoms with van der Waals surface area (Å²) in [6.45, 7) is 1.89. The number of hydrogen-bond donors (Lipinski definition) is 2. The van der Waals surface area contributed by atoms with Gasteiger partial charge < -0.3 is 15.5 Å². The third kappa shape index (κ3) is 8.96. The van der Waals surface area contributed by atoms with Crippen LogP contribution in [0.1, 0.15) is 38.3 Å². The molecule has 2 N–H and O–H groups in total. The summed E-state index contributed by atoms with van der Waals surface area (Å²) >= 11 is 0. The minimum atomic E-state index is -0.431. The average Bonchev–Trinajstić information content (AvgIpc) is 3.07. The van der Waals surface area contributed by atoms with Gasteiger partial charge in [-0.05, 0) is 52.9 Å².